The lowest BCUT2D eigenvalue weighted by molar-refractivity contribution is 0.0591. The number of halogens is 1. The SMILES string of the molecule is COC(=O)c1ccc2nc1OC(C)CCCOc1ncnc3c1n-2c(=O)n3SF. The molecule has 0 N–H and O–H groups in total. The number of hydrogen-bond acceptors (Lipinski definition) is 9. The molecule has 152 valence electrons. The summed E-state index contributed by atoms with van der Waals surface area (Å²) in [5.41, 5.74) is -0.420. The van der Waals surface area contributed by atoms with E-state index in [1.807, 2.05) is 6.92 Å². The van der Waals surface area contributed by atoms with Gasteiger partial charge in [-0.3, -0.25) is 0 Å². The summed E-state index contributed by atoms with van der Waals surface area (Å²) >= 11 is -0.288. The number of ether oxygens (including phenoxy) is 3. The molecule has 0 aliphatic carbocycles. The molecule has 0 saturated carbocycles. The van der Waals surface area contributed by atoms with Crippen LogP contribution in [-0.4, -0.2) is 49.3 Å². The number of hydrogen-bond donors (Lipinski definition) is 0. The first-order valence-electron chi connectivity index (χ1n) is 8.72. The Hall–Kier alpha value is -3.15. The van der Waals surface area contributed by atoms with E-state index in [1.54, 1.807) is 0 Å². The molecule has 2 bridgehead atoms. The van der Waals surface area contributed by atoms with Crippen LogP contribution < -0.4 is 15.2 Å². The van der Waals surface area contributed by atoms with E-state index in [4.69, 9.17) is 14.2 Å². The predicted molar refractivity (Wildman–Crippen MR) is 101 cm³/mol. The molecular weight excluding hydrogens is 405 g/mol. The number of rotatable bonds is 2. The van der Waals surface area contributed by atoms with E-state index >= 15 is 0 Å². The van der Waals surface area contributed by atoms with Crippen LogP contribution in [0.5, 0.6) is 11.8 Å². The summed E-state index contributed by atoms with van der Waals surface area (Å²) in [6, 6.07) is 2.87. The minimum atomic E-state index is -0.743. The fraction of sp³-hybridized carbons (Fsp3) is 0.353. The summed E-state index contributed by atoms with van der Waals surface area (Å²) in [5.74, 6) is -0.375. The lowest BCUT2D eigenvalue weighted by Crippen LogP contribution is -2.22. The number of methoxy groups -OCH3 is 1. The van der Waals surface area contributed by atoms with Gasteiger partial charge in [0.2, 0.25) is 11.8 Å². The summed E-state index contributed by atoms with van der Waals surface area (Å²) in [6.45, 7) is 2.13. The van der Waals surface area contributed by atoms with Gasteiger partial charge in [0, 0.05) is 0 Å². The van der Waals surface area contributed by atoms with Crippen molar-refractivity contribution < 1.29 is 22.9 Å². The quantitative estimate of drug-likeness (QED) is 0.574. The van der Waals surface area contributed by atoms with Crippen molar-refractivity contribution in [1.82, 2.24) is 23.5 Å². The standard InChI is InChI=1S/C17H16FN5O5S/c1-9-4-3-7-27-15-12-13(19-8-20-15)23(29-18)17(25)22(12)11-6-5-10(16(24)26-2)14(21-11)28-9/h5-6,8-9H,3-4,7H2,1-2H3. The molecule has 29 heavy (non-hydrogen) atoms. The van der Waals surface area contributed by atoms with Crippen molar-refractivity contribution in [1.29, 1.82) is 0 Å². The van der Waals surface area contributed by atoms with Gasteiger partial charge in [-0.05, 0) is 31.9 Å². The fourth-order valence-electron chi connectivity index (χ4n) is 3.06. The van der Waals surface area contributed by atoms with E-state index in [0.717, 1.165) is 8.54 Å². The Labute approximate surface area is 168 Å². The van der Waals surface area contributed by atoms with E-state index < -0.39 is 11.7 Å². The molecule has 12 heteroatoms. The molecule has 0 fully saturated rings. The zero-order valence-corrected chi connectivity index (χ0v) is 16.3. The van der Waals surface area contributed by atoms with Crippen LogP contribution in [0.3, 0.4) is 0 Å². The van der Waals surface area contributed by atoms with Crippen molar-refractivity contribution in [2.45, 2.75) is 25.9 Å². The smallest absolute Gasteiger partial charge is 0.348 e. The second-order valence-electron chi connectivity index (χ2n) is 6.27. The Kier molecular flexibility index (Phi) is 5.09. The van der Waals surface area contributed by atoms with Crippen LogP contribution in [0.25, 0.3) is 17.0 Å². The van der Waals surface area contributed by atoms with Crippen LogP contribution in [-0.2, 0) is 4.74 Å². The van der Waals surface area contributed by atoms with Gasteiger partial charge in [-0.1, -0.05) is 0 Å². The van der Waals surface area contributed by atoms with Gasteiger partial charge in [-0.2, -0.15) is 13.9 Å². The largest absolute Gasteiger partial charge is 0.476 e. The van der Waals surface area contributed by atoms with Crippen LogP contribution >= 0.6 is 12.3 Å². The molecule has 4 heterocycles. The monoisotopic (exact) mass is 421 g/mol. The summed E-state index contributed by atoms with van der Waals surface area (Å²) < 4.78 is 31.8. The third-order valence-electron chi connectivity index (χ3n) is 4.41. The summed E-state index contributed by atoms with van der Waals surface area (Å²) in [4.78, 5) is 37.4. The number of carbonyl (C=O) groups excluding carboxylic acids is 1. The maximum atomic E-state index is 13.5. The van der Waals surface area contributed by atoms with Crippen molar-refractivity contribution in [3.05, 3.63) is 34.5 Å². The second-order valence-corrected chi connectivity index (χ2v) is 6.77. The molecule has 1 unspecified atom stereocenters. The van der Waals surface area contributed by atoms with Crippen LogP contribution in [0.4, 0.5) is 3.89 Å². The van der Waals surface area contributed by atoms with Gasteiger partial charge < -0.3 is 14.2 Å². The van der Waals surface area contributed by atoms with E-state index in [1.165, 1.54) is 25.6 Å². The average molecular weight is 421 g/mol. The summed E-state index contributed by atoms with van der Waals surface area (Å²) in [5, 5.41) is 0. The van der Waals surface area contributed by atoms with Crippen molar-refractivity contribution in [3.8, 4) is 17.6 Å². The Morgan fingerprint density at radius 3 is 2.93 bits per heavy atom. The molecule has 3 aromatic rings. The maximum Gasteiger partial charge on any atom is 0.348 e. The number of aromatic nitrogens is 5. The molecule has 1 aliphatic rings. The number of esters is 1. The van der Waals surface area contributed by atoms with E-state index in [-0.39, 0.29) is 52.7 Å². The van der Waals surface area contributed by atoms with E-state index in [9.17, 15) is 13.5 Å². The minimum Gasteiger partial charge on any atom is -0.476 e. The molecule has 0 saturated heterocycles. The predicted octanol–water partition coefficient (Wildman–Crippen LogP) is 2.08. The Bertz CT molecular complexity index is 1150. The third-order valence-corrected chi connectivity index (χ3v) is 4.87. The molecule has 10 nitrogen and oxygen atoms in total. The molecule has 4 rings (SSSR count). The Balaban J connectivity index is 2.03. The Morgan fingerprint density at radius 2 is 2.17 bits per heavy atom. The molecule has 0 amide bonds. The van der Waals surface area contributed by atoms with Gasteiger partial charge >= 0.3 is 11.7 Å². The van der Waals surface area contributed by atoms with Crippen molar-refractivity contribution in [2.24, 2.45) is 0 Å². The van der Waals surface area contributed by atoms with Crippen molar-refractivity contribution in [3.63, 3.8) is 0 Å². The number of pyridine rings is 1. The normalized spacial score (nSPS) is 16.3. The molecule has 0 spiro atoms. The number of fused-ring (bicyclic) bond motifs is 3. The van der Waals surface area contributed by atoms with Gasteiger partial charge in [0.15, 0.2) is 23.5 Å². The first kappa shape index (κ1) is 19.2. The summed E-state index contributed by atoms with van der Waals surface area (Å²) in [7, 11) is 1.25. The van der Waals surface area contributed by atoms with Gasteiger partial charge in [-0.15, -0.1) is 3.89 Å². The third kappa shape index (κ3) is 3.28. The Morgan fingerprint density at radius 1 is 1.34 bits per heavy atom. The van der Waals surface area contributed by atoms with Crippen LogP contribution in [0.15, 0.2) is 23.3 Å². The first-order valence-corrected chi connectivity index (χ1v) is 9.39. The lowest BCUT2D eigenvalue weighted by atomic mass is 10.2. The van der Waals surface area contributed by atoms with Gasteiger partial charge in [-0.25, -0.2) is 19.1 Å². The fourth-order valence-corrected chi connectivity index (χ4v) is 3.39. The van der Waals surface area contributed by atoms with Crippen LogP contribution in [0.2, 0.25) is 0 Å². The van der Waals surface area contributed by atoms with E-state index in [2.05, 4.69) is 15.0 Å². The highest BCUT2D eigenvalue weighted by Gasteiger charge is 2.25. The zero-order valence-electron chi connectivity index (χ0n) is 15.5. The maximum absolute atomic E-state index is 13.5. The first-order chi connectivity index (χ1) is 14.0. The highest BCUT2D eigenvalue weighted by molar-refractivity contribution is 7.92. The number of carbonyl (C=O) groups is 1. The summed E-state index contributed by atoms with van der Waals surface area (Å²) in [6.07, 6.45) is 2.15. The molecule has 0 aromatic carbocycles. The number of nitrogens with zero attached hydrogens (tertiary/aromatic N) is 5. The molecule has 1 aliphatic heterocycles. The topological polar surface area (TPSA) is 110 Å². The number of imidazole rings is 1. The minimum absolute atomic E-state index is 0.0162. The molecular formula is C17H16FN5O5S. The van der Waals surface area contributed by atoms with Crippen molar-refractivity contribution in [2.75, 3.05) is 13.7 Å². The average Bonchev–Trinajstić information content (AvgIpc) is 3.01. The molecule has 3 aromatic heterocycles. The van der Waals surface area contributed by atoms with Gasteiger partial charge in [0.25, 0.3) is 0 Å². The second kappa shape index (κ2) is 7.70. The van der Waals surface area contributed by atoms with Crippen LogP contribution in [0.1, 0.15) is 30.1 Å². The lowest BCUT2D eigenvalue weighted by Gasteiger charge is -2.18. The van der Waals surface area contributed by atoms with E-state index in [0.29, 0.717) is 19.4 Å². The van der Waals surface area contributed by atoms with Gasteiger partial charge in [0.05, 0.1) is 19.8 Å². The van der Waals surface area contributed by atoms with Crippen molar-refractivity contribution >= 4 is 29.5 Å². The van der Waals surface area contributed by atoms with Gasteiger partial charge in [0.1, 0.15) is 17.7 Å². The highest BCUT2D eigenvalue weighted by atomic mass is 32.2. The molecule has 0 radical (unpaired) electrons. The van der Waals surface area contributed by atoms with Crippen LogP contribution in [0, 0.1) is 0 Å². The molecule has 1 atom stereocenters. The highest BCUT2D eigenvalue weighted by Crippen LogP contribution is 2.28. The zero-order chi connectivity index (χ0) is 20.5.